The average molecular weight is 484 g/mol. The molecule has 32 heavy (non-hydrogen) atoms. The van der Waals surface area contributed by atoms with E-state index in [0.29, 0.717) is 15.8 Å². The highest BCUT2D eigenvalue weighted by Crippen LogP contribution is 2.34. The summed E-state index contributed by atoms with van der Waals surface area (Å²) in [5.41, 5.74) is -2.02. The van der Waals surface area contributed by atoms with Crippen LogP contribution in [0.1, 0.15) is 55.1 Å². The third kappa shape index (κ3) is 4.88. The molecule has 0 spiro atoms. The molecule has 2 heterocycles. The summed E-state index contributed by atoms with van der Waals surface area (Å²) in [5.74, 6) is 0.0403. The van der Waals surface area contributed by atoms with Crippen molar-refractivity contribution >= 4 is 39.6 Å². The van der Waals surface area contributed by atoms with Crippen LogP contribution in [0.3, 0.4) is 0 Å². The molecule has 1 aliphatic carbocycles. The van der Waals surface area contributed by atoms with E-state index < -0.39 is 28.9 Å². The lowest BCUT2D eigenvalue weighted by Gasteiger charge is -2.27. The van der Waals surface area contributed by atoms with Crippen LogP contribution in [0.2, 0.25) is 4.34 Å². The number of para-hydroxylation sites is 1. The maximum Gasteiger partial charge on any atom is 0.418 e. The number of alkyl halides is 3. The van der Waals surface area contributed by atoms with Gasteiger partial charge in [-0.05, 0) is 24.5 Å². The van der Waals surface area contributed by atoms with Gasteiger partial charge in [0, 0.05) is 0 Å². The molecule has 1 saturated carbocycles. The zero-order valence-electron chi connectivity index (χ0n) is 17.1. The van der Waals surface area contributed by atoms with E-state index in [-0.39, 0.29) is 23.5 Å². The molecular weight excluding hydrogens is 463 g/mol. The molecule has 0 aliphatic heterocycles. The number of benzene rings is 1. The van der Waals surface area contributed by atoms with Crippen LogP contribution in [0, 0.1) is 5.92 Å². The lowest BCUT2D eigenvalue weighted by molar-refractivity contribution is -0.136. The monoisotopic (exact) mass is 483 g/mol. The first-order chi connectivity index (χ1) is 15.2. The van der Waals surface area contributed by atoms with Crippen molar-refractivity contribution in [2.24, 2.45) is 5.92 Å². The number of fused-ring (bicyclic) bond motifs is 1. The summed E-state index contributed by atoms with van der Waals surface area (Å²) in [5, 5.41) is 0.385. The van der Waals surface area contributed by atoms with Gasteiger partial charge in [-0.1, -0.05) is 49.8 Å². The van der Waals surface area contributed by atoms with E-state index in [4.69, 9.17) is 11.6 Å². The number of aromatic nitrogens is 3. The van der Waals surface area contributed by atoms with Crippen molar-refractivity contribution in [1.29, 1.82) is 0 Å². The van der Waals surface area contributed by atoms with Gasteiger partial charge in [0.2, 0.25) is 0 Å². The van der Waals surface area contributed by atoms with Gasteiger partial charge in [-0.25, -0.2) is 9.97 Å². The average Bonchev–Trinajstić information content (AvgIpc) is 3.17. The molecule has 1 aliphatic rings. The number of hydrogen-bond donors (Lipinski definition) is 0. The van der Waals surface area contributed by atoms with Crippen molar-refractivity contribution in [3.8, 4) is 0 Å². The molecule has 5 nitrogen and oxygen atoms in total. The highest BCUT2D eigenvalue weighted by atomic mass is 35.5. The van der Waals surface area contributed by atoms with E-state index in [1.807, 2.05) is 0 Å². The molecular formula is C22H21ClF3N3O2S. The topological polar surface area (TPSA) is 64.8 Å². The summed E-state index contributed by atoms with van der Waals surface area (Å²) < 4.78 is 41.8. The van der Waals surface area contributed by atoms with Crippen molar-refractivity contribution in [3.05, 3.63) is 56.0 Å². The second kappa shape index (κ2) is 9.31. The van der Waals surface area contributed by atoms with Crippen LogP contribution in [0.25, 0.3) is 10.9 Å². The third-order valence-electron chi connectivity index (χ3n) is 5.96. The summed E-state index contributed by atoms with van der Waals surface area (Å²) in [6, 6.07) is 2.59. The lowest BCUT2D eigenvalue weighted by Crippen LogP contribution is -2.33. The quantitative estimate of drug-likeness (QED) is 0.441. The SMILES string of the molecule is O=C(Cc1ncc(Cl)s1)C(CC1CCCCC1)n1cnc2c(C(F)(F)F)cccc2c1=O. The molecule has 1 atom stereocenters. The Morgan fingerprint density at radius 1 is 1.22 bits per heavy atom. The maximum absolute atomic E-state index is 13.4. The highest BCUT2D eigenvalue weighted by molar-refractivity contribution is 7.15. The van der Waals surface area contributed by atoms with E-state index in [2.05, 4.69) is 9.97 Å². The van der Waals surface area contributed by atoms with Crippen LogP contribution in [0.5, 0.6) is 0 Å². The van der Waals surface area contributed by atoms with Crippen molar-refractivity contribution in [1.82, 2.24) is 14.5 Å². The van der Waals surface area contributed by atoms with Crippen molar-refractivity contribution in [2.75, 3.05) is 0 Å². The number of Topliss-reactive ketones (excluding diaryl/α,β-unsaturated/α-hetero) is 1. The fraction of sp³-hybridized carbons (Fsp3) is 0.455. The Morgan fingerprint density at radius 2 is 1.97 bits per heavy atom. The Kier molecular flexibility index (Phi) is 6.67. The van der Waals surface area contributed by atoms with E-state index in [1.54, 1.807) is 0 Å². The lowest BCUT2D eigenvalue weighted by atomic mass is 9.83. The minimum atomic E-state index is -4.63. The summed E-state index contributed by atoms with van der Waals surface area (Å²) in [6.07, 6.45) is 3.55. The molecule has 10 heteroatoms. The first kappa shape index (κ1) is 22.9. The predicted molar refractivity (Wildman–Crippen MR) is 117 cm³/mol. The summed E-state index contributed by atoms with van der Waals surface area (Å²) in [4.78, 5) is 34.6. The van der Waals surface area contributed by atoms with Gasteiger partial charge in [0.25, 0.3) is 5.56 Å². The van der Waals surface area contributed by atoms with Crippen LogP contribution in [-0.4, -0.2) is 20.3 Å². The summed E-state index contributed by atoms with van der Waals surface area (Å²) in [6.45, 7) is 0. The first-order valence-electron chi connectivity index (χ1n) is 10.4. The molecule has 0 saturated heterocycles. The summed E-state index contributed by atoms with van der Waals surface area (Å²) in [7, 11) is 0. The van der Waals surface area contributed by atoms with Crippen molar-refractivity contribution in [3.63, 3.8) is 0 Å². The van der Waals surface area contributed by atoms with Crippen molar-refractivity contribution in [2.45, 2.75) is 57.2 Å². The van der Waals surface area contributed by atoms with Gasteiger partial charge in [0.15, 0.2) is 5.78 Å². The second-order valence-corrected chi connectivity index (χ2v) is 9.86. The van der Waals surface area contributed by atoms with Gasteiger partial charge in [-0.3, -0.25) is 14.2 Å². The number of thiazole rings is 1. The van der Waals surface area contributed by atoms with Crippen LogP contribution in [0.4, 0.5) is 13.2 Å². The minimum Gasteiger partial charge on any atom is -0.297 e. The Morgan fingerprint density at radius 3 is 2.62 bits per heavy atom. The van der Waals surface area contributed by atoms with Gasteiger partial charge in [-0.2, -0.15) is 13.2 Å². The molecule has 1 unspecified atom stereocenters. The van der Waals surface area contributed by atoms with Crippen LogP contribution >= 0.6 is 22.9 Å². The fourth-order valence-electron chi connectivity index (χ4n) is 4.39. The Labute approximate surface area is 191 Å². The third-order valence-corrected chi connectivity index (χ3v) is 7.07. The van der Waals surface area contributed by atoms with Gasteiger partial charge in [0.05, 0.1) is 41.5 Å². The Balaban J connectivity index is 1.74. The van der Waals surface area contributed by atoms with E-state index >= 15 is 0 Å². The molecule has 170 valence electrons. The number of rotatable bonds is 6. The van der Waals surface area contributed by atoms with E-state index in [1.165, 1.54) is 34.2 Å². The normalized spacial score (nSPS) is 16.4. The zero-order valence-corrected chi connectivity index (χ0v) is 18.6. The van der Waals surface area contributed by atoms with Crippen LogP contribution in [-0.2, 0) is 17.4 Å². The fourth-order valence-corrected chi connectivity index (χ4v) is 5.36. The molecule has 1 aromatic carbocycles. The number of hydrogen-bond acceptors (Lipinski definition) is 5. The number of carbonyl (C=O) groups excluding carboxylic acids is 1. The molecule has 0 amide bonds. The first-order valence-corrected chi connectivity index (χ1v) is 11.6. The zero-order chi connectivity index (χ0) is 22.9. The Hall–Kier alpha value is -2.26. The standard InChI is InChI=1S/C22H21ClF3N3O2S/c23-18-11-27-19(32-18)10-17(30)16(9-13-5-2-1-3-6-13)29-12-28-20-14(21(29)31)7-4-8-15(20)22(24,25)26/h4,7-8,11-13,16H,1-3,5-6,9-10H2. The molecule has 3 aromatic rings. The second-order valence-electron chi connectivity index (χ2n) is 8.11. The van der Waals surface area contributed by atoms with Crippen molar-refractivity contribution < 1.29 is 18.0 Å². The minimum absolute atomic E-state index is 0.00183. The predicted octanol–water partition coefficient (Wildman–Crippen LogP) is 5.85. The van der Waals surface area contributed by atoms with Gasteiger partial charge >= 0.3 is 6.18 Å². The largest absolute Gasteiger partial charge is 0.418 e. The summed E-state index contributed by atoms with van der Waals surface area (Å²) >= 11 is 7.12. The molecule has 0 N–H and O–H groups in total. The molecule has 0 bridgehead atoms. The van der Waals surface area contributed by atoms with Crippen LogP contribution < -0.4 is 5.56 Å². The number of halogens is 4. The number of ketones is 1. The Bertz CT molecular complexity index is 1190. The molecule has 2 aromatic heterocycles. The number of nitrogens with zero attached hydrogens (tertiary/aromatic N) is 3. The molecule has 1 fully saturated rings. The van der Waals surface area contributed by atoms with Gasteiger partial charge < -0.3 is 0 Å². The van der Waals surface area contributed by atoms with E-state index in [0.717, 1.165) is 44.5 Å². The van der Waals surface area contributed by atoms with E-state index in [9.17, 15) is 22.8 Å². The molecule has 0 radical (unpaired) electrons. The van der Waals surface area contributed by atoms with Gasteiger partial charge in [0.1, 0.15) is 9.34 Å². The molecule has 4 rings (SSSR count). The maximum atomic E-state index is 13.4. The smallest absolute Gasteiger partial charge is 0.297 e. The highest BCUT2D eigenvalue weighted by Gasteiger charge is 2.34. The number of carbonyl (C=O) groups is 1. The van der Waals surface area contributed by atoms with Gasteiger partial charge in [-0.15, -0.1) is 11.3 Å². The van der Waals surface area contributed by atoms with Crippen LogP contribution in [0.15, 0.2) is 35.5 Å².